The molecule has 0 aliphatic heterocycles. The van der Waals surface area contributed by atoms with Gasteiger partial charge in [-0.1, -0.05) is 0 Å². The van der Waals surface area contributed by atoms with Crippen LogP contribution in [0.3, 0.4) is 0 Å². The normalized spacial score (nSPS) is 16.4. The quantitative estimate of drug-likeness (QED) is 0.307. The Balaban J connectivity index is 5.19. The average molecular weight is 224 g/mol. The van der Waals surface area contributed by atoms with Gasteiger partial charge in [-0.25, -0.2) is 4.79 Å². The summed E-state index contributed by atoms with van der Waals surface area (Å²) in [6, 6.07) is 0. The maximum Gasteiger partial charge on any atom is 0.340 e. The molecule has 76 valence electrons. The first-order chi connectivity index (χ1) is 5.70. The summed E-state index contributed by atoms with van der Waals surface area (Å²) < 4.78 is -1.66. The van der Waals surface area contributed by atoms with Gasteiger partial charge in [-0.15, -0.1) is 0 Å². The summed E-state index contributed by atoms with van der Waals surface area (Å²) in [6.45, 7) is 1.17. The molecule has 0 aromatic heterocycles. The third kappa shape index (κ3) is 1.98. The van der Waals surface area contributed by atoms with Crippen molar-refractivity contribution < 1.29 is 14.7 Å². The number of thiol groups is 2. The van der Waals surface area contributed by atoms with Crippen molar-refractivity contribution >= 4 is 37.0 Å². The van der Waals surface area contributed by atoms with E-state index in [1.165, 1.54) is 6.92 Å². The van der Waals surface area contributed by atoms with Crippen molar-refractivity contribution in [2.24, 2.45) is 11.5 Å². The topological polar surface area (TPSA) is 106 Å². The molecule has 13 heavy (non-hydrogen) atoms. The lowest BCUT2D eigenvalue weighted by Crippen LogP contribution is -2.72. The smallest absolute Gasteiger partial charge is 0.340 e. The summed E-state index contributed by atoms with van der Waals surface area (Å²) in [6.07, 6.45) is 0. The van der Waals surface area contributed by atoms with E-state index in [0.717, 1.165) is 0 Å². The van der Waals surface area contributed by atoms with Crippen LogP contribution >= 0.6 is 25.3 Å². The van der Waals surface area contributed by atoms with E-state index in [9.17, 15) is 9.59 Å². The van der Waals surface area contributed by atoms with Crippen LogP contribution in [0.1, 0.15) is 6.92 Å². The van der Waals surface area contributed by atoms with Crippen LogP contribution in [0, 0.1) is 0 Å². The minimum atomic E-state index is -2.22. The Labute approximate surface area is 86.7 Å². The Morgan fingerprint density at radius 2 is 1.85 bits per heavy atom. The minimum Gasteiger partial charge on any atom is -0.479 e. The van der Waals surface area contributed by atoms with Crippen molar-refractivity contribution in [2.75, 3.05) is 5.75 Å². The molecular weight excluding hydrogens is 212 g/mol. The first-order valence-electron chi connectivity index (χ1n) is 3.35. The van der Waals surface area contributed by atoms with Crippen molar-refractivity contribution in [2.45, 2.75) is 17.3 Å². The van der Waals surface area contributed by atoms with E-state index in [-0.39, 0.29) is 5.75 Å². The lowest BCUT2D eigenvalue weighted by molar-refractivity contribution is -0.146. The number of hydrogen-bond donors (Lipinski definition) is 5. The van der Waals surface area contributed by atoms with Crippen LogP contribution in [0.5, 0.6) is 0 Å². The molecule has 0 fully saturated rings. The van der Waals surface area contributed by atoms with Gasteiger partial charge in [-0.2, -0.15) is 25.3 Å². The Morgan fingerprint density at radius 3 is 1.92 bits per heavy atom. The second-order valence-corrected chi connectivity index (χ2v) is 3.83. The zero-order valence-corrected chi connectivity index (χ0v) is 8.81. The largest absolute Gasteiger partial charge is 0.479 e. The van der Waals surface area contributed by atoms with Crippen molar-refractivity contribution in [1.82, 2.24) is 0 Å². The Hall–Kier alpha value is -0.240. The molecular formula is C6H12N2O3S2. The highest BCUT2D eigenvalue weighted by atomic mass is 32.1. The number of nitrogens with two attached hydrogens (primary N) is 2. The van der Waals surface area contributed by atoms with Gasteiger partial charge in [-0.05, 0) is 6.92 Å². The number of carboxylic acids is 1. The van der Waals surface area contributed by atoms with Crippen molar-refractivity contribution in [3.8, 4) is 0 Å². The molecule has 0 heterocycles. The molecule has 0 amide bonds. The molecule has 7 heteroatoms. The van der Waals surface area contributed by atoms with Crippen molar-refractivity contribution in [3.05, 3.63) is 0 Å². The first kappa shape index (κ1) is 12.8. The number of Topliss-reactive ketones (excluding diaryl/α,β-unsaturated/α-hetero) is 1. The highest BCUT2D eigenvalue weighted by molar-refractivity contribution is 7.86. The summed E-state index contributed by atoms with van der Waals surface area (Å²) >= 11 is 7.68. The fraction of sp³-hybridized carbons (Fsp3) is 0.667. The summed E-state index contributed by atoms with van der Waals surface area (Å²) in [7, 11) is 0. The fourth-order valence-electron chi connectivity index (χ4n) is 0.710. The highest BCUT2D eigenvalue weighted by Crippen LogP contribution is 2.26. The number of ketones is 1. The highest BCUT2D eigenvalue weighted by Gasteiger charge is 2.52. The SMILES string of the molecule is CC(=O)C(S)(CS)C(N)(N)C(=O)O. The van der Waals surface area contributed by atoms with Gasteiger partial charge < -0.3 is 16.6 Å². The van der Waals surface area contributed by atoms with Gasteiger partial charge in [0.05, 0.1) is 0 Å². The summed E-state index contributed by atoms with van der Waals surface area (Å²) in [5, 5.41) is 8.67. The molecule has 0 saturated carbocycles. The molecule has 0 bridgehead atoms. The van der Waals surface area contributed by atoms with Crippen LogP contribution in [-0.2, 0) is 9.59 Å². The fourth-order valence-corrected chi connectivity index (χ4v) is 1.29. The Kier molecular flexibility index (Phi) is 3.80. The maximum absolute atomic E-state index is 11.1. The van der Waals surface area contributed by atoms with Crippen LogP contribution in [0.2, 0.25) is 0 Å². The van der Waals surface area contributed by atoms with Gasteiger partial charge in [0.25, 0.3) is 0 Å². The van der Waals surface area contributed by atoms with Crippen molar-refractivity contribution in [3.63, 3.8) is 0 Å². The van der Waals surface area contributed by atoms with E-state index < -0.39 is 22.2 Å². The molecule has 0 saturated heterocycles. The van der Waals surface area contributed by atoms with Crippen LogP contribution < -0.4 is 11.5 Å². The number of aliphatic carboxylic acids is 1. The molecule has 0 rings (SSSR count). The molecule has 0 aromatic carbocycles. The zero-order chi connectivity index (χ0) is 10.9. The van der Waals surface area contributed by atoms with E-state index in [1.807, 2.05) is 0 Å². The van der Waals surface area contributed by atoms with E-state index in [4.69, 9.17) is 16.6 Å². The summed E-state index contributed by atoms with van der Waals surface area (Å²) in [5.74, 6) is -2.17. The maximum atomic E-state index is 11.1. The summed E-state index contributed by atoms with van der Waals surface area (Å²) in [4.78, 5) is 21.7. The number of rotatable bonds is 4. The molecule has 1 unspecified atom stereocenters. The van der Waals surface area contributed by atoms with Gasteiger partial charge >= 0.3 is 5.97 Å². The average Bonchev–Trinajstić information content (AvgIpc) is 2.01. The van der Waals surface area contributed by atoms with Gasteiger partial charge in [0.15, 0.2) is 5.66 Å². The van der Waals surface area contributed by atoms with E-state index in [0.29, 0.717) is 0 Å². The lowest BCUT2D eigenvalue weighted by atomic mass is 9.91. The lowest BCUT2D eigenvalue weighted by Gasteiger charge is -2.35. The van der Waals surface area contributed by atoms with Crippen LogP contribution in [0.15, 0.2) is 0 Å². The number of hydrogen-bond acceptors (Lipinski definition) is 6. The number of carbonyl (C=O) groups excluding carboxylic acids is 1. The third-order valence-electron chi connectivity index (χ3n) is 1.85. The number of carboxylic acid groups (broad SMARTS) is 1. The molecule has 0 aliphatic rings. The molecule has 0 aliphatic carbocycles. The molecule has 1 atom stereocenters. The third-order valence-corrected chi connectivity index (χ3v) is 3.42. The molecule has 0 radical (unpaired) electrons. The van der Waals surface area contributed by atoms with E-state index in [1.54, 1.807) is 0 Å². The van der Waals surface area contributed by atoms with E-state index >= 15 is 0 Å². The van der Waals surface area contributed by atoms with Crippen LogP contribution in [0.25, 0.3) is 0 Å². The monoisotopic (exact) mass is 224 g/mol. The molecule has 0 aromatic rings. The Bertz CT molecular complexity index is 244. The van der Waals surface area contributed by atoms with Gasteiger partial charge in [0.1, 0.15) is 10.5 Å². The summed E-state index contributed by atoms with van der Waals surface area (Å²) in [5.41, 5.74) is 8.34. The predicted molar refractivity (Wildman–Crippen MR) is 55.0 cm³/mol. The minimum absolute atomic E-state index is 0.148. The van der Waals surface area contributed by atoms with Crippen molar-refractivity contribution in [1.29, 1.82) is 0 Å². The zero-order valence-electron chi connectivity index (χ0n) is 7.02. The second-order valence-electron chi connectivity index (χ2n) is 2.75. The number of carbonyl (C=O) groups is 2. The van der Waals surface area contributed by atoms with Crippen LogP contribution in [0.4, 0.5) is 0 Å². The standard InChI is InChI=1S/C6H12N2O3S2/c1-3(9)5(13,2-12)6(7,8)4(10)11/h12-13H,2,7-8H2,1H3,(H,10,11). The molecule has 5 N–H and O–H groups in total. The van der Waals surface area contributed by atoms with Crippen LogP contribution in [-0.4, -0.2) is 33.0 Å². The predicted octanol–water partition coefficient (Wildman–Crippen LogP) is -1.13. The van der Waals surface area contributed by atoms with Gasteiger partial charge in [0.2, 0.25) is 0 Å². The molecule has 5 nitrogen and oxygen atoms in total. The van der Waals surface area contributed by atoms with E-state index in [2.05, 4.69) is 25.3 Å². The Morgan fingerprint density at radius 1 is 1.46 bits per heavy atom. The molecule has 0 spiro atoms. The first-order valence-corrected chi connectivity index (χ1v) is 4.43. The second kappa shape index (κ2) is 3.87. The van der Waals surface area contributed by atoms with Gasteiger partial charge in [-0.3, -0.25) is 4.79 Å². The van der Waals surface area contributed by atoms with Gasteiger partial charge in [0, 0.05) is 5.75 Å².